The molecule has 0 heterocycles. The van der Waals surface area contributed by atoms with Gasteiger partial charge in [-0.1, -0.05) is 30.3 Å². The first-order chi connectivity index (χ1) is 11.9. The first-order valence-corrected chi connectivity index (χ1v) is 8.86. The number of carbonyl (C=O) groups excluding carboxylic acids is 1. The fourth-order valence-electron chi connectivity index (χ4n) is 2.94. The zero-order valence-corrected chi connectivity index (χ0v) is 16.0. The number of carbonyl (C=O) groups is 1. The molecule has 0 aromatic heterocycles. The molecule has 2 N–H and O–H groups in total. The van der Waals surface area contributed by atoms with Gasteiger partial charge in [0.25, 0.3) is 5.91 Å². The molecule has 1 atom stereocenters. The van der Waals surface area contributed by atoms with E-state index >= 15 is 0 Å². The van der Waals surface area contributed by atoms with Crippen molar-refractivity contribution in [2.45, 2.75) is 27.3 Å². The third-order valence-corrected chi connectivity index (χ3v) is 4.56. The number of benzene rings is 2. The van der Waals surface area contributed by atoms with Gasteiger partial charge in [-0.25, -0.2) is 0 Å². The number of amides is 1. The number of hydrogen-bond donors (Lipinski definition) is 2. The predicted octanol–water partition coefficient (Wildman–Crippen LogP) is 2.41. The van der Waals surface area contributed by atoms with E-state index in [9.17, 15) is 4.79 Å². The fourth-order valence-corrected chi connectivity index (χ4v) is 2.94. The number of aryl methyl sites for hydroxylation is 2. The molecule has 2 rings (SSSR count). The van der Waals surface area contributed by atoms with Crippen molar-refractivity contribution < 1.29 is 9.69 Å². The van der Waals surface area contributed by atoms with Crippen LogP contribution in [0.1, 0.15) is 23.6 Å². The fraction of sp³-hybridized carbons (Fsp3) is 0.381. The van der Waals surface area contributed by atoms with Gasteiger partial charge in [-0.05, 0) is 44.0 Å². The molecule has 4 nitrogen and oxygen atoms in total. The molecule has 0 saturated carbocycles. The maximum atomic E-state index is 12.5. The molecule has 0 radical (unpaired) electrons. The second-order valence-corrected chi connectivity index (χ2v) is 6.83. The van der Waals surface area contributed by atoms with Crippen molar-refractivity contribution in [2.24, 2.45) is 0 Å². The van der Waals surface area contributed by atoms with E-state index < -0.39 is 0 Å². The largest absolute Gasteiger partial charge is 0.378 e. The molecule has 0 aliphatic rings. The van der Waals surface area contributed by atoms with Gasteiger partial charge in [0.05, 0.1) is 6.54 Å². The highest BCUT2D eigenvalue weighted by Crippen LogP contribution is 2.19. The quantitative estimate of drug-likeness (QED) is 0.812. The van der Waals surface area contributed by atoms with Gasteiger partial charge in [-0.3, -0.25) is 4.79 Å². The van der Waals surface area contributed by atoms with Crippen LogP contribution in [0.2, 0.25) is 0 Å². The summed E-state index contributed by atoms with van der Waals surface area (Å²) in [7, 11) is 4.08. The Morgan fingerprint density at radius 1 is 1.04 bits per heavy atom. The normalized spacial score (nSPS) is 11.9. The maximum Gasteiger partial charge on any atom is 0.279 e. The van der Waals surface area contributed by atoms with Crippen LogP contribution in [-0.2, 0) is 11.3 Å². The Balaban J connectivity index is 1.98. The van der Waals surface area contributed by atoms with Crippen LogP contribution in [0.5, 0.6) is 0 Å². The Morgan fingerprint density at radius 2 is 1.64 bits per heavy atom. The second-order valence-electron chi connectivity index (χ2n) is 6.83. The lowest BCUT2D eigenvalue weighted by atomic mass is 10.1. The van der Waals surface area contributed by atoms with Crippen LogP contribution >= 0.6 is 0 Å². The van der Waals surface area contributed by atoms with E-state index in [2.05, 4.69) is 41.4 Å². The summed E-state index contributed by atoms with van der Waals surface area (Å²) in [5.41, 5.74) is 5.59. The lowest BCUT2D eigenvalue weighted by Gasteiger charge is -2.19. The van der Waals surface area contributed by atoms with Crippen molar-refractivity contribution in [3.63, 3.8) is 0 Å². The summed E-state index contributed by atoms with van der Waals surface area (Å²) in [6, 6.07) is 14.6. The van der Waals surface area contributed by atoms with E-state index in [4.69, 9.17) is 0 Å². The van der Waals surface area contributed by atoms with Crippen molar-refractivity contribution in [1.29, 1.82) is 0 Å². The zero-order chi connectivity index (χ0) is 18.4. The van der Waals surface area contributed by atoms with Crippen LogP contribution in [-0.4, -0.2) is 33.1 Å². The lowest BCUT2D eigenvalue weighted by Crippen LogP contribution is -3.11. The van der Waals surface area contributed by atoms with E-state index in [-0.39, 0.29) is 5.91 Å². The predicted molar refractivity (Wildman–Crippen MR) is 105 cm³/mol. The van der Waals surface area contributed by atoms with E-state index in [1.165, 1.54) is 16.2 Å². The third-order valence-electron chi connectivity index (χ3n) is 4.56. The van der Waals surface area contributed by atoms with Crippen LogP contribution in [0.25, 0.3) is 0 Å². The van der Waals surface area contributed by atoms with Crippen LogP contribution in [0, 0.1) is 13.8 Å². The molecule has 134 valence electrons. The van der Waals surface area contributed by atoms with Crippen LogP contribution < -0.4 is 15.1 Å². The highest BCUT2D eigenvalue weighted by molar-refractivity contribution is 5.93. The number of para-hydroxylation sites is 1. The van der Waals surface area contributed by atoms with Gasteiger partial charge in [0.15, 0.2) is 6.54 Å². The third kappa shape index (κ3) is 5.33. The molecule has 0 spiro atoms. The van der Waals surface area contributed by atoms with Gasteiger partial charge in [-0.15, -0.1) is 0 Å². The van der Waals surface area contributed by atoms with E-state index in [0.717, 1.165) is 29.9 Å². The smallest absolute Gasteiger partial charge is 0.279 e. The summed E-state index contributed by atoms with van der Waals surface area (Å²) >= 11 is 0. The Labute approximate surface area is 151 Å². The minimum absolute atomic E-state index is 0.0687. The average molecular weight is 340 g/mol. The van der Waals surface area contributed by atoms with E-state index in [1.54, 1.807) is 0 Å². The van der Waals surface area contributed by atoms with Crippen molar-refractivity contribution in [3.05, 3.63) is 59.2 Å². The summed E-state index contributed by atoms with van der Waals surface area (Å²) < 4.78 is 0. The Bertz CT molecular complexity index is 687. The van der Waals surface area contributed by atoms with Crippen LogP contribution in [0.3, 0.4) is 0 Å². The van der Waals surface area contributed by atoms with Crippen LogP contribution in [0.15, 0.2) is 42.5 Å². The molecule has 2 aromatic carbocycles. The summed E-state index contributed by atoms with van der Waals surface area (Å²) in [5, 5.41) is 3.09. The Kier molecular flexibility index (Phi) is 6.59. The van der Waals surface area contributed by atoms with Gasteiger partial charge in [0.2, 0.25) is 0 Å². The molecule has 25 heavy (non-hydrogen) atoms. The van der Waals surface area contributed by atoms with Gasteiger partial charge < -0.3 is 15.1 Å². The molecule has 0 saturated heterocycles. The van der Waals surface area contributed by atoms with Crippen molar-refractivity contribution in [2.75, 3.05) is 37.4 Å². The number of quaternary nitrogens is 1. The summed E-state index contributed by atoms with van der Waals surface area (Å²) in [5.74, 6) is 0.0687. The zero-order valence-electron chi connectivity index (χ0n) is 16.0. The Hall–Kier alpha value is -2.33. The second kappa shape index (κ2) is 8.67. The van der Waals surface area contributed by atoms with Gasteiger partial charge in [-0.2, -0.15) is 0 Å². The minimum Gasteiger partial charge on any atom is -0.378 e. The molecule has 1 unspecified atom stereocenters. The molecular weight excluding hydrogens is 310 g/mol. The monoisotopic (exact) mass is 340 g/mol. The summed E-state index contributed by atoms with van der Waals surface area (Å²) in [6.45, 7) is 8.41. The van der Waals surface area contributed by atoms with Gasteiger partial charge in [0, 0.05) is 31.0 Å². The van der Waals surface area contributed by atoms with Gasteiger partial charge in [0.1, 0.15) is 6.54 Å². The molecule has 2 aromatic rings. The molecule has 0 bridgehead atoms. The van der Waals surface area contributed by atoms with Crippen molar-refractivity contribution in [1.82, 2.24) is 0 Å². The van der Waals surface area contributed by atoms with E-state index in [0.29, 0.717) is 6.54 Å². The molecule has 4 heteroatoms. The topological polar surface area (TPSA) is 36.8 Å². The summed E-state index contributed by atoms with van der Waals surface area (Å²) in [4.78, 5) is 15.8. The molecule has 0 fully saturated rings. The molecule has 1 amide bonds. The highest BCUT2D eigenvalue weighted by atomic mass is 16.2. The number of anilines is 2. The maximum absolute atomic E-state index is 12.5. The first-order valence-electron chi connectivity index (χ1n) is 8.86. The number of rotatable bonds is 7. The molecule has 0 aliphatic carbocycles. The highest BCUT2D eigenvalue weighted by Gasteiger charge is 2.15. The number of hydrogen-bond acceptors (Lipinski definition) is 2. The lowest BCUT2D eigenvalue weighted by molar-refractivity contribution is -0.903. The van der Waals surface area contributed by atoms with Crippen molar-refractivity contribution in [3.8, 4) is 0 Å². The minimum atomic E-state index is 0.0687. The van der Waals surface area contributed by atoms with Crippen molar-refractivity contribution >= 4 is 17.3 Å². The van der Waals surface area contributed by atoms with E-state index in [1.807, 2.05) is 46.1 Å². The number of nitrogens with one attached hydrogen (secondary N) is 2. The molecule has 0 aliphatic heterocycles. The standard InChI is InChI=1S/C21H29N3O/c1-6-24(14-18-10-12-19(13-11-18)23(4)5)15-20(25)22-21-16(2)8-7-9-17(21)3/h7-13H,6,14-15H2,1-5H3,(H,22,25)/p+1. The first kappa shape index (κ1) is 19.0. The van der Waals surface area contributed by atoms with Crippen LogP contribution in [0.4, 0.5) is 11.4 Å². The Morgan fingerprint density at radius 3 is 2.16 bits per heavy atom. The SMILES string of the molecule is CC[NH+](CC(=O)Nc1c(C)cccc1C)Cc1ccc(N(C)C)cc1. The average Bonchev–Trinajstić information content (AvgIpc) is 2.58. The number of likely N-dealkylation sites (N-methyl/N-ethyl adjacent to an activating group) is 1. The van der Waals surface area contributed by atoms with Gasteiger partial charge >= 0.3 is 0 Å². The summed E-state index contributed by atoms with van der Waals surface area (Å²) in [6.07, 6.45) is 0. The number of nitrogens with zero attached hydrogens (tertiary/aromatic N) is 1. The molecular formula is C21H30N3O+.